The molecule has 1 aliphatic rings. The second-order valence-electron chi connectivity index (χ2n) is 6.20. The van der Waals surface area contributed by atoms with Crippen LogP contribution in [0.3, 0.4) is 0 Å². The van der Waals surface area contributed by atoms with E-state index in [2.05, 4.69) is 10.3 Å². The van der Waals surface area contributed by atoms with E-state index in [0.29, 0.717) is 41.1 Å². The van der Waals surface area contributed by atoms with Gasteiger partial charge in [-0.3, -0.25) is 4.79 Å². The lowest BCUT2D eigenvalue weighted by molar-refractivity contribution is -0.111. The van der Waals surface area contributed by atoms with E-state index in [1.807, 2.05) is 29.0 Å². The van der Waals surface area contributed by atoms with Crippen LogP contribution in [0.15, 0.2) is 61.2 Å². The van der Waals surface area contributed by atoms with Crippen molar-refractivity contribution in [3.63, 3.8) is 0 Å². The quantitative estimate of drug-likeness (QED) is 0.595. The van der Waals surface area contributed by atoms with Gasteiger partial charge in [0.1, 0.15) is 12.4 Å². The molecule has 4 rings (SSSR count). The predicted octanol–water partition coefficient (Wildman–Crippen LogP) is 4.00. The highest BCUT2D eigenvalue weighted by Crippen LogP contribution is 2.40. The number of para-hydroxylation sites is 2. The molecule has 1 aromatic heterocycles. The molecule has 148 valence electrons. The normalized spacial score (nSPS) is 12.3. The first-order chi connectivity index (χ1) is 14.2. The van der Waals surface area contributed by atoms with Crippen LogP contribution in [0, 0.1) is 0 Å². The third-order valence-corrected chi connectivity index (χ3v) is 4.47. The smallest absolute Gasteiger partial charge is 0.248 e. The number of rotatable bonds is 7. The van der Waals surface area contributed by atoms with Crippen molar-refractivity contribution in [2.75, 3.05) is 18.7 Å². The number of carbonyl (C=O) groups is 1. The molecule has 1 aliphatic heterocycles. The molecule has 0 bridgehead atoms. The third kappa shape index (κ3) is 4.70. The molecule has 0 aliphatic carbocycles. The van der Waals surface area contributed by atoms with Crippen LogP contribution >= 0.6 is 11.6 Å². The number of nitrogens with zero attached hydrogens (tertiary/aromatic N) is 2. The van der Waals surface area contributed by atoms with Crippen molar-refractivity contribution in [2.45, 2.75) is 6.54 Å². The van der Waals surface area contributed by atoms with E-state index in [9.17, 15) is 4.79 Å². The van der Waals surface area contributed by atoms with Crippen LogP contribution in [0.2, 0.25) is 5.02 Å². The molecular formula is C21H18ClN3O4. The zero-order valence-electron chi connectivity index (χ0n) is 15.4. The molecule has 3 aromatic rings. The fourth-order valence-electron chi connectivity index (χ4n) is 2.81. The van der Waals surface area contributed by atoms with Gasteiger partial charge in [-0.2, -0.15) is 0 Å². The molecule has 7 nitrogen and oxygen atoms in total. The molecule has 8 heteroatoms. The monoisotopic (exact) mass is 411 g/mol. The van der Waals surface area contributed by atoms with E-state index in [0.717, 1.165) is 5.56 Å². The van der Waals surface area contributed by atoms with E-state index in [4.69, 9.17) is 25.8 Å². The highest BCUT2D eigenvalue weighted by atomic mass is 35.5. The Kier molecular flexibility index (Phi) is 5.67. The minimum absolute atomic E-state index is 0.139. The summed E-state index contributed by atoms with van der Waals surface area (Å²) >= 11 is 6.16. The lowest BCUT2D eigenvalue weighted by Crippen LogP contribution is -2.11. The van der Waals surface area contributed by atoms with Gasteiger partial charge in [0.15, 0.2) is 11.5 Å². The second kappa shape index (κ2) is 8.70. The number of amides is 1. The minimum Gasteiger partial charge on any atom is -0.490 e. The molecular weight excluding hydrogens is 394 g/mol. The SMILES string of the molecule is O=C(/C=C/c1cc(Cl)c2c(c1)OCO2)Nc1ccccc1OCCn1ccnc1. The van der Waals surface area contributed by atoms with Gasteiger partial charge in [0.2, 0.25) is 12.7 Å². The largest absolute Gasteiger partial charge is 0.490 e. The first-order valence-electron chi connectivity index (χ1n) is 8.95. The Balaban J connectivity index is 1.38. The van der Waals surface area contributed by atoms with Crippen LogP contribution in [-0.4, -0.2) is 28.9 Å². The number of carbonyl (C=O) groups excluding carboxylic acids is 1. The second-order valence-corrected chi connectivity index (χ2v) is 6.61. The number of benzene rings is 2. The molecule has 0 saturated heterocycles. The van der Waals surface area contributed by atoms with Gasteiger partial charge in [0.05, 0.1) is 23.6 Å². The average Bonchev–Trinajstić information content (AvgIpc) is 3.40. The van der Waals surface area contributed by atoms with E-state index in [1.54, 1.807) is 36.8 Å². The van der Waals surface area contributed by atoms with Crippen LogP contribution in [0.1, 0.15) is 5.56 Å². The summed E-state index contributed by atoms with van der Waals surface area (Å²) in [7, 11) is 0. The lowest BCUT2D eigenvalue weighted by Gasteiger charge is -2.12. The van der Waals surface area contributed by atoms with Crippen molar-refractivity contribution in [2.24, 2.45) is 0 Å². The number of halogens is 1. The number of hydrogen-bond acceptors (Lipinski definition) is 5. The molecule has 2 heterocycles. The van der Waals surface area contributed by atoms with Gasteiger partial charge in [-0.15, -0.1) is 0 Å². The topological polar surface area (TPSA) is 74.6 Å². The fourth-order valence-corrected chi connectivity index (χ4v) is 3.08. The van der Waals surface area contributed by atoms with Crippen LogP contribution in [0.4, 0.5) is 5.69 Å². The van der Waals surface area contributed by atoms with Crippen LogP contribution in [0.5, 0.6) is 17.2 Å². The maximum absolute atomic E-state index is 12.4. The number of nitrogens with one attached hydrogen (secondary N) is 1. The van der Waals surface area contributed by atoms with Gasteiger partial charge in [0, 0.05) is 18.5 Å². The number of fused-ring (bicyclic) bond motifs is 1. The molecule has 0 saturated carbocycles. The molecule has 0 atom stereocenters. The van der Waals surface area contributed by atoms with Crippen molar-refractivity contribution in [3.05, 3.63) is 71.8 Å². The van der Waals surface area contributed by atoms with Gasteiger partial charge in [0.25, 0.3) is 0 Å². The maximum Gasteiger partial charge on any atom is 0.248 e. The van der Waals surface area contributed by atoms with E-state index < -0.39 is 0 Å². The number of ether oxygens (including phenoxy) is 3. The van der Waals surface area contributed by atoms with Crippen LogP contribution in [-0.2, 0) is 11.3 Å². The summed E-state index contributed by atoms with van der Waals surface area (Å²) in [6.45, 7) is 1.25. The Labute approximate surface area is 172 Å². The predicted molar refractivity (Wildman–Crippen MR) is 109 cm³/mol. The van der Waals surface area contributed by atoms with Crippen LogP contribution < -0.4 is 19.5 Å². The van der Waals surface area contributed by atoms with Crippen LogP contribution in [0.25, 0.3) is 6.08 Å². The van der Waals surface area contributed by atoms with E-state index in [-0.39, 0.29) is 12.7 Å². The molecule has 0 spiro atoms. The highest BCUT2D eigenvalue weighted by molar-refractivity contribution is 6.32. The number of hydrogen-bond donors (Lipinski definition) is 1. The molecule has 1 amide bonds. The summed E-state index contributed by atoms with van der Waals surface area (Å²) in [5.41, 5.74) is 1.33. The number of anilines is 1. The van der Waals surface area contributed by atoms with Crippen molar-refractivity contribution in [1.82, 2.24) is 9.55 Å². The summed E-state index contributed by atoms with van der Waals surface area (Å²) in [5, 5.41) is 3.27. The molecule has 0 fully saturated rings. The molecule has 2 aromatic carbocycles. The molecule has 29 heavy (non-hydrogen) atoms. The summed E-state index contributed by atoms with van der Waals surface area (Å²) < 4.78 is 18.3. The molecule has 1 N–H and O–H groups in total. The lowest BCUT2D eigenvalue weighted by atomic mass is 10.2. The van der Waals surface area contributed by atoms with Crippen molar-refractivity contribution >= 4 is 29.3 Å². The number of imidazole rings is 1. The Morgan fingerprint density at radius 2 is 2.21 bits per heavy atom. The Hall–Kier alpha value is -3.45. The van der Waals surface area contributed by atoms with E-state index in [1.165, 1.54) is 6.08 Å². The van der Waals surface area contributed by atoms with Gasteiger partial charge in [-0.1, -0.05) is 23.7 Å². The van der Waals surface area contributed by atoms with Gasteiger partial charge in [-0.05, 0) is 35.9 Å². The summed E-state index contributed by atoms with van der Waals surface area (Å²) in [5.74, 6) is 1.40. The standard InChI is InChI=1S/C21H18ClN3O4/c22-16-11-15(12-19-21(16)29-14-28-19)5-6-20(26)24-17-3-1-2-4-18(17)27-10-9-25-8-7-23-13-25/h1-8,11-13H,9-10,14H2,(H,24,26)/b6-5+. The zero-order chi connectivity index (χ0) is 20.1. The van der Waals surface area contributed by atoms with Gasteiger partial charge >= 0.3 is 0 Å². The highest BCUT2D eigenvalue weighted by Gasteiger charge is 2.17. The minimum atomic E-state index is -0.288. The molecule has 0 unspecified atom stereocenters. The fraction of sp³-hybridized carbons (Fsp3) is 0.143. The Bertz CT molecular complexity index is 1030. The summed E-state index contributed by atoms with van der Waals surface area (Å²) in [6.07, 6.45) is 8.39. The first-order valence-corrected chi connectivity index (χ1v) is 9.32. The van der Waals surface area contributed by atoms with Gasteiger partial charge < -0.3 is 24.1 Å². The third-order valence-electron chi connectivity index (χ3n) is 4.19. The first kappa shape index (κ1) is 18.9. The Morgan fingerprint density at radius 3 is 3.07 bits per heavy atom. The summed E-state index contributed by atoms with van der Waals surface area (Å²) in [6, 6.07) is 10.8. The van der Waals surface area contributed by atoms with Gasteiger partial charge in [-0.25, -0.2) is 4.98 Å². The van der Waals surface area contributed by atoms with E-state index >= 15 is 0 Å². The molecule has 0 radical (unpaired) electrons. The Morgan fingerprint density at radius 1 is 1.31 bits per heavy atom. The van der Waals surface area contributed by atoms with Crippen molar-refractivity contribution in [1.29, 1.82) is 0 Å². The summed E-state index contributed by atoms with van der Waals surface area (Å²) in [4.78, 5) is 16.4. The van der Waals surface area contributed by atoms with Crippen molar-refractivity contribution < 1.29 is 19.0 Å². The number of aromatic nitrogens is 2. The maximum atomic E-state index is 12.4. The zero-order valence-corrected chi connectivity index (χ0v) is 16.1. The van der Waals surface area contributed by atoms with Crippen molar-refractivity contribution in [3.8, 4) is 17.2 Å². The average molecular weight is 412 g/mol.